The summed E-state index contributed by atoms with van der Waals surface area (Å²) in [7, 11) is 1.64. The van der Waals surface area contributed by atoms with E-state index in [1.54, 1.807) is 18.2 Å². The van der Waals surface area contributed by atoms with Gasteiger partial charge in [-0.05, 0) is 64.1 Å². The predicted molar refractivity (Wildman–Crippen MR) is 144 cm³/mol. The molecule has 37 heavy (non-hydrogen) atoms. The van der Waals surface area contributed by atoms with Crippen LogP contribution in [0.5, 0.6) is 11.5 Å². The quantitative estimate of drug-likeness (QED) is 0.400. The number of piperidine rings is 1. The van der Waals surface area contributed by atoms with Crippen molar-refractivity contribution in [2.45, 2.75) is 52.2 Å². The lowest BCUT2D eigenvalue weighted by Gasteiger charge is -2.33. The summed E-state index contributed by atoms with van der Waals surface area (Å²) in [6.07, 6.45) is 3.10. The second-order valence-electron chi connectivity index (χ2n) is 10.0. The smallest absolute Gasteiger partial charge is 0.410 e. The average molecular weight is 506 g/mol. The molecule has 0 saturated carbocycles. The highest BCUT2D eigenvalue weighted by Gasteiger charge is 2.27. The van der Waals surface area contributed by atoms with Crippen LogP contribution in [0.1, 0.15) is 39.2 Å². The third kappa shape index (κ3) is 7.49. The molecule has 1 aliphatic rings. The lowest BCUT2D eigenvalue weighted by atomic mass is 10.1. The van der Waals surface area contributed by atoms with Crippen molar-refractivity contribution in [2.24, 2.45) is 0 Å². The molecule has 0 unspecified atom stereocenters. The molecule has 0 spiro atoms. The van der Waals surface area contributed by atoms with Crippen LogP contribution in [0.4, 0.5) is 27.9 Å². The summed E-state index contributed by atoms with van der Waals surface area (Å²) in [6, 6.07) is 15.4. The first-order valence-electron chi connectivity index (χ1n) is 12.4. The Balaban J connectivity index is 1.31. The summed E-state index contributed by atoms with van der Waals surface area (Å²) in [5.41, 5.74) is 2.17. The lowest BCUT2D eigenvalue weighted by Crippen LogP contribution is -2.44. The summed E-state index contributed by atoms with van der Waals surface area (Å²) in [4.78, 5) is 23.0. The molecule has 1 saturated heterocycles. The fourth-order valence-corrected chi connectivity index (χ4v) is 3.89. The number of amides is 1. The molecule has 1 aromatic heterocycles. The number of ether oxygens (including phenoxy) is 3. The first-order chi connectivity index (χ1) is 17.7. The number of hydrogen-bond acceptors (Lipinski definition) is 8. The predicted octanol–water partition coefficient (Wildman–Crippen LogP) is 6.06. The molecule has 0 bridgehead atoms. The van der Waals surface area contributed by atoms with Gasteiger partial charge in [0.1, 0.15) is 29.0 Å². The van der Waals surface area contributed by atoms with Crippen molar-refractivity contribution < 1.29 is 19.0 Å². The zero-order chi connectivity index (χ0) is 26.4. The summed E-state index contributed by atoms with van der Waals surface area (Å²) in [5, 5.41) is 6.57. The van der Waals surface area contributed by atoms with Gasteiger partial charge < -0.3 is 29.7 Å². The maximum atomic E-state index is 12.3. The molecule has 2 heterocycles. The Morgan fingerprint density at radius 2 is 1.73 bits per heavy atom. The number of nitrogens with one attached hydrogen (secondary N) is 2. The zero-order valence-electron chi connectivity index (χ0n) is 22.1. The third-order valence-corrected chi connectivity index (χ3v) is 5.81. The molecule has 3 aromatic rings. The summed E-state index contributed by atoms with van der Waals surface area (Å²) in [5.74, 6) is 2.75. The van der Waals surface area contributed by atoms with E-state index in [1.807, 2.05) is 76.2 Å². The van der Waals surface area contributed by atoms with E-state index in [-0.39, 0.29) is 12.2 Å². The van der Waals surface area contributed by atoms with E-state index in [0.29, 0.717) is 24.9 Å². The molecule has 196 valence electrons. The van der Waals surface area contributed by atoms with E-state index in [9.17, 15) is 4.79 Å². The van der Waals surface area contributed by atoms with Crippen molar-refractivity contribution in [1.82, 2.24) is 14.9 Å². The van der Waals surface area contributed by atoms with Crippen molar-refractivity contribution in [1.29, 1.82) is 0 Å². The normalized spacial score (nSPS) is 14.1. The van der Waals surface area contributed by atoms with Crippen LogP contribution in [0.25, 0.3) is 0 Å². The number of hydrogen-bond donors (Lipinski definition) is 2. The molecule has 0 radical (unpaired) electrons. The summed E-state index contributed by atoms with van der Waals surface area (Å²) < 4.78 is 16.9. The van der Waals surface area contributed by atoms with Crippen LogP contribution < -0.4 is 20.1 Å². The van der Waals surface area contributed by atoms with Crippen molar-refractivity contribution in [3.63, 3.8) is 0 Å². The van der Waals surface area contributed by atoms with Crippen LogP contribution in [0.15, 0.2) is 54.7 Å². The van der Waals surface area contributed by atoms with Gasteiger partial charge in [0.2, 0.25) is 5.95 Å². The highest BCUT2D eigenvalue weighted by molar-refractivity contribution is 5.68. The Morgan fingerprint density at radius 1 is 1.00 bits per heavy atom. The number of carbonyl (C=O) groups excluding carboxylic acids is 1. The standard InChI is InChI=1S/C28H35N5O4/c1-19-18-29-26(32-25(19)30-21-7-6-8-24(17-21)35-5)31-20-9-11-22(12-10-20)36-23-13-15-33(16-14-23)27(34)37-28(2,3)4/h6-12,17-18,23H,13-16H2,1-5H3,(H2,29,30,31,32). The number of carbonyl (C=O) groups is 1. The highest BCUT2D eigenvalue weighted by Crippen LogP contribution is 2.25. The molecule has 9 heteroatoms. The first kappa shape index (κ1) is 26.1. The van der Waals surface area contributed by atoms with Crippen LogP contribution in [0.3, 0.4) is 0 Å². The van der Waals surface area contributed by atoms with Gasteiger partial charge in [-0.25, -0.2) is 9.78 Å². The number of methoxy groups -OCH3 is 1. The minimum Gasteiger partial charge on any atom is -0.497 e. The van der Waals surface area contributed by atoms with E-state index < -0.39 is 5.60 Å². The molecule has 9 nitrogen and oxygen atoms in total. The number of likely N-dealkylation sites (tertiary alicyclic amines) is 1. The minimum atomic E-state index is -0.488. The lowest BCUT2D eigenvalue weighted by molar-refractivity contribution is 0.0126. The van der Waals surface area contributed by atoms with Gasteiger partial charge in [0.15, 0.2) is 0 Å². The van der Waals surface area contributed by atoms with Gasteiger partial charge in [-0.15, -0.1) is 0 Å². The molecule has 1 fully saturated rings. The van der Waals surface area contributed by atoms with Gasteiger partial charge in [-0.2, -0.15) is 4.98 Å². The molecule has 4 rings (SSSR count). The monoisotopic (exact) mass is 505 g/mol. The SMILES string of the molecule is COc1cccc(Nc2nc(Nc3ccc(OC4CCN(C(=O)OC(C)(C)C)CC4)cc3)ncc2C)c1. The van der Waals surface area contributed by atoms with Crippen molar-refractivity contribution in [2.75, 3.05) is 30.8 Å². The van der Waals surface area contributed by atoms with Crippen LogP contribution in [0.2, 0.25) is 0 Å². The zero-order valence-corrected chi connectivity index (χ0v) is 22.1. The fraction of sp³-hybridized carbons (Fsp3) is 0.393. The largest absolute Gasteiger partial charge is 0.497 e. The topological polar surface area (TPSA) is 97.8 Å². The van der Waals surface area contributed by atoms with Crippen molar-refractivity contribution in [3.05, 3.63) is 60.3 Å². The first-order valence-corrected chi connectivity index (χ1v) is 12.4. The second kappa shape index (κ2) is 11.4. The van der Waals surface area contributed by atoms with Crippen LogP contribution in [0, 0.1) is 6.92 Å². The number of anilines is 4. The number of aryl methyl sites for hydroxylation is 1. The maximum Gasteiger partial charge on any atom is 0.410 e. The second-order valence-corrected chi connectivity index (χ2v) is 10.0. The molecular weight excluding hydrogens is 470 g/mol. The highest BCUT2D eigenvalue weighted by atomic mass is 16.6. The van der Waals surface area contributed by atoms with E-state index >= 15 is 0 Å². The van der Waals surface area contributed by atoms with Gasteiger partial charge in [-0.3, -0.25) is 0 Å². The molecule has 0 aliphatic carbocycles. The molecule has 1 aliphatic heterocycles. The molecule has 2 N–H and O–H groups in total. The van der Waals surface area contributed by atoms with Gasteiger partial charge in [-0.1, -0.05) is 6.07 Å². The van der Waals surface area contributed by atoms with Gasteiger partial charge in [0, 0.05) is 55.1 Å². The van der Waals surface area contributed by atoms with Crippen molar-refractivity contribution in [3.8, 4) is 11.5 Å². The van der Waals surface area contributed by atoms with Gasteiger partial charge >= 0.3 is 6.09 Å². The summed E-state index contributed by atoms with van der Waals surface area (Å²) in [6.45, 7) is 8.83. The Hall–Kier alpha value is -4.01. The van der Waals surface area contributed by atoms with E-state index in [2.05, 4.69) is 20.6 Å². The fourth-order valence-electron chi connectivity index (χ4n) is 3.89. The Morgan fingerprint density at radius 3 is 2.41 bits per heavy atom. The Kier molecular flexibility index (Phi) is 8.01. The molecular formula is C28H35N5O4. The van der Waals surface area contributed by atoms with E-state index in [4.69, 9.17) is 14.2 Å². The third-order valence-electron chi connectivity index (χ3n) is 5.81. The number of rotatable bonds is 7. The molecule has 2 aromatic carbocycles. The van der Waals surface area contributed by atoms with Gasteiger partial charge in [0.25, 0.3) is 0 Å². The van der Waals surface area contributed by atoms with Crippen molar-refractivity contribution >= 4 is 29.2 Å². The Bertz CT molecular complexity index is 1200. The number of aromatic nitrogens is 2. The molecule has 1 amide bonds. The molecule has 0 atom stereocenters. The minimum absolute atomic E-state index is 0.0585. The van der Waals surface area contributed by atoms with E-state index in [1.165, 1.54) is 0 Å². The Labute approximate surface area is 218 Å². The number of benzene rings is 2. The number of nitrogens with zero attached hydrogens (tertiary/aromatic N) is 3. The van der Waals surface area contributed by atoms with E-state index in [0.717, 1.165) is 41.3 Å². The van der Waals surface area contributed by atoms with Crippen LogP contribution in [-0.4, -0.2) is 52.9 Å². The summed E-state index contributed by atoms with van der Waals surface area (Å²) >= 11 is 0. The maximum absolute atomic E-state index is 12.3. The van der Waals surface area contributed by atoms with Crippen LogP contribution >= 0.6 is 0 Å². The van der Waals surface area contributed by atoms with Crippen LogP contribution in [-0.2, 0) is 4.74 Å². The van der Waals surface area contributed by atoms with Gasteiger partial charge in [0.05, 0.1) is 7.11 Å². The average Bonchev–Trinajstić information content (AvgIpc) is 2.87.